The minimum atomic E-state index is -0.0539. The maximum Gasteiger partial charge on any atom is 0.276 e. The van der Waals surface area contributed by atoms with Crippen LogP contribution in [-0.4, -0.2) is 31.5 Å². The fraction of sp³-hybridized carbons (Fsp3) is 0.182. The highest BCUT2D eigenvalue weighted by atomic mass is 16.2. The van der Waals surface area contributed by atoms with Crippen LogP contribution in [0.4, 0.5) is 22.7 Å². The number of aromatic nitrogens is 1. The monoisotopic (exact) mass is 358 g/mol. The minimum absolute atomic E-state index is 0.0539. The first-order valence-electron chi connectivity index (χ1n) is 9.02. The van der Waals surface area contributed by atoms with Crippen molar-refractivity contribution in [1.82, 2.24) is 4.98 Å². The number of nitrogens with one attached hydrogen (secondary N) is 1. The number of anilines is 4. The van der Waals surface area contributed by atoms with Crippen molar-refractivity contribution in [2.24, 2.45) is 0 Å². The van der Waals surface area contributed by atoms with Crippen molar-refractivity contribution in [3.63, 3.8) is 0 Å². The third-order valence-electron chi connectivity index (χ3n) is 4.79. The Kier molecular flexibility index (Phi) is 4.50. The van der Waals surface area contributed by atoms with E-state index in [1.165, 1.54) is 5.56 Å². The van der Waals surface area contributed by atoms with Crippen LogP contribution < -0.4 is 15.1 Å². The summed E-state index contributed by atoms with van der Waals surface area (Å²) in [4.78, 5) is 21.1. The molecule has 0 saturated heterocycles. The molecule has 0 atom stereocenters. The molecule has 1 N–H and O–H groups in total. The van der Waals surface area contributed by atoms with Gasteiger partial charge in [-0.1, -0.05) is 18.2 Å². The zero-order valence-corrected chi connectivity index (χ0v) is 15.5. The lowest BCUT2D eigenvalue weighted by Crippen LogP contribution is -2.29. The van der Waals surface area contributed by atoms with E-state index in [-0.39, 0.29) is 5.91 Å². The Morgan fingerprint density at radius 1 is 1.00 bits per heavy atom. The van der Waals surface area contributed by atoms with E-state index in [1.807, 2.05) is 55.4 Å². The normalized spacial score (nSPS) is 12.6. The molecule has 0 aliphatic carbocycles. The van der Waals surface area contributed by atoms with Gasteiger partial charge in [0.25, 0.3) is 5.91 Å². The Labute approximate surface area is 159 Å². The highest BCUT2D eigenvalue weighted by Crippen LogP contribution is 2.28. The molecule has 1 amide bonds. The first-order valence-corrected chi connectivity index (χ1v) is 9.02. The molecular weight excluding hydrogens is 336 g/mol. The molecule has 0 unspecified atom stereocenters. The molecular formula is C22H22N4O. The van der Waals surface area contributed by atoms with Crippen molar-refractivity contribution in [3.05, 3.63) is 78.1 Å². The van der Waals surface area contributed by atoms with Crippen LogP contribution in [-0.2, 0) is 6.42 Å². The van der Waals surface area contributed by atoms with Gasteiger partial charge in [-0.3, -0.25) is 4.79 Å². The van der Waals surface area contributed by atoms with Crippen LogP contribution in [0.2, 0.25) is 0 Å². The number of nitrogens with zero attached hydrogens (tertiary/aromatic N) is 3. The summed E-state index contributed by atoms with van der Waals surface area (Å²) in [7, 11) is 4.03. The van der Waals surface area contributed by atoms with E-state index in [1.54, 1.807) is 12.3 Å². The predicted octanol–water partition coefficient (Wildman–Crippen LogP) is 4.09. The van der Waals surface area contributed by atoms with E-state index < -0.39 is 0 Å². The molecule has 4 rings (SSSR count). The number of benzene rings is 2. The summed E-state index contributed by atoms with van der Waals surface area (Å²) in [5.74, 6) is -0.0539. The molecule has 1 aliphatic rings. The molecule has 1 aliphatic heterocycles. The van der Waals surface area contributed by atoms with Crippen LogP contribution in [0.3, 0.4) is 0 Å². The largest absolute Gasteiger partial charge is 0.378 e. The number of hydrogen-bond donors (Lipinski definition) is 1. The highest BCUT2D eigenvalue weighted by Gasteiger charge is 2.25. The summed E-state index contributed by atoms with van der Waals surface area (Å²) in [6.07, 6.45) is 2.60. The summed E-state index contributed by atoms with van der Waals surface area (Å²) >= 11 is 0. The quantitative estimate of drug-likeness (QED) is 0.763. The molecule has 0 radical (unpaired) electrons. The van der Waals surface area contributed by atoms with Crippen LogP contribution in [0.1, 0.15) is 16.1 Å². The van der Waals surface area contributed by atoms with Crippen LogP contribution in [0, 0.1) is 0 Å². The fourth-order valence-electron chi connectivity index (χ4n) is 3.29. The molecule has 136 valence electrons. The molecule has 3 aromatic rings. The average Bonchev–Trinajstić information content (AvgIpc) is 3.12. The van der Waals surface area contributed by atoms with Crippen molar-refractivity contribution in [2.75, 3.05) is 35.8 Å². The van der Waals surface area contributed by atoms with E-state index >= 15 is 0 Å². The number of hydrogen-bond acceptors (Lipinski definition) is 4. The molecule has 0 saturated carbocycles. The number of pyridine rings is 1. The van der Waals surface area contributed by atoms with E-state index in [0.29, 0.717) is 12.2 Å². The van der Waals surface area contributed by atoms with Crippen molar-refractivity contribution < 1.29 is 4.79 Å². The fourth-order valence-corrected chi connectivity index (χ4v) is 3.29. The van der Waals surface area contributed by atoms with Crippen LogP contribution in [0.15, 0.2) is 66.9 Å². The Morgan fingerprint density at radius 3 is 2.44 bits per heavy atom. The lowest BCUT2D eigenvalue weighted by atomic mass is 10.2. The predicted molar refractivity (Wildman–Crippen MR) is 110 cm³/mol. The summed E-state index contributed by atoms with van der Waals surface area (Å²) in [5, 5.41) is 3.32. The Morgan fingerprint density at radius 2 is 1.74 bits per heavy atom. The topological polar surface area (TPSA) is 48.5 Å². The van der Waals surface area contributed by atoms with Gasteiger partial charge in [-0.25, -0.2) is 4.98 Å². The molecule has 1 aromatic heterocycles. The van der Waals surface area contributed by atoms with Crippen LogP contribution in [0.5, 0.6) is 0 Å². The molecule has 5 heteroatoms. The molecule has 2 aromatic carbocycles. The Bertz CT molecular complexity index is 949. The van der Waals surface area contributed by atoms with Gasteiger partial charge in [-0.15, -0.1) is 0 Å². The Hall–Kier alpha value is -3.34. The number of carbonyl (C=O) groups is 1. The smallest absolute Gasteiger partial charge is 0.276 e. The van der Waals surface area contributed by atoms with Crippen molar-refractivity contribution in [1.29, 1.82) is 0 Å². The van der Waals surface area contributed by atoms with Gasteiger partial charge in [0.2, 0.25) is 0 Å². The van der Waals surface area contributed by atoms with Gasteiger partial charge >= 0.3 is 0 Å². The number of para-hydroxylation sites is 1. The number of rotatable bonds is 4. The first kappa shape index (κ1) is 17.1. The second kappa shape index (κ2) is 7.11. The van der Waals surface area contributed by atoms with Crippen molar-refractivity contribution >= 4 is 28.7 Å². The molecule has 2 heterocycles. The summed E-state index contributed by atoms with van der Waals surface area (Å²) in [5.41, 5.74) is 5.64. The molecule has 0 bridgehead atoms. The number of amides is 1. The molecule has 0 fully saturated rings. The van der Waals surface area contributed by atoms with E-state index in [4.69, 9.17) is 0 Å². The van der Waals surface area contributed by atoms with Gasteiger partial charge in [0.1, 0.15) is 5.69 Å². The Balaban J connectivity index is 1.47. The van der Waals surface area contributed by atoms with Gasteiger partial charge in [0.15, 0.2) is 0 Å². The minimum Gasteiger partial charge on any atom is -0.378 e. The van der Waals surface area contributed by atoms with E-state index in [9.17, 15) is 4.79 Å². The zero-order chi connectivity index (χ0) is 18.8. The van der Waals surface area contributed by atoms with Crippen LogP contribution in [0.25, 0.3) is 0 Å². The first-order chi connectivity index (χ1) is 13.1. The van der Waals surface area contributed by atoms with Gasteiger partial charge in [0, 0.05) is 37.7 Å². The van der Waals surface area contributed by atoms with Gasteiger partial charge in [0.05, 0.1) is 11.9 Å². The van der Waals surface area contributed by atoms with Crippen molar-refractivity contribution in [2.45, 2.75) is 6.42 Å². The average molecular weight is 358 g/mol. The zero-order valence-electron chi connectivity index (χ0n) is 15.5. The second-order valence-corrected chi connectivity index (χ2v) is 6.83. The number of fused-ring (bicyclic) bond motifs is 1. The lowest BCUT2D eigenvalue weighted by molar-refractivity contribution is 0.0984. The van der Waals surface area contributed by atoms with Crippen LogP contribution >= 0.6 is 0 Å². The SMILES string of the molecule is CN(C)c1ccc(Nc2ccc(C(=O)N3CCc4ccccc43)nc2)cc1. The lowest BCUT2D eigenvalue weighted by Gasteiger charge is -2.17. The van der Waals surface area contributed by atoms with Gasteiger partial charge < -0.3 is 15.1 Å². The third-order valence-corrected chi connectivity index (χ3v) is 4.79. The van der Waals surface area contributed by atoms with Gasteiger partial charge in [-0.2, -0.15) is 0 Å². The molecule has 0 spiro atoms. The molecule has 5 nitrogen and oxygen atoms in total. The maximum absolute atomic E-state index is 12.8. The second-order valence-electron chi connectivity index (χ2n) is 6.83. The third kappa shape index (κ3) is 3.49. The summed E-state index contributed by atoms with van der Waals surface area (Å²) < 4.78 is 0. The number of carbonyl (C=O) groups excluding carboxylic acids is 1. The molecule has 27 heavy (non-hydrogen) atoms. The summed E-state index contributed by atoms with van der Waals surface area (Å²) in [6.45, 7) is 0.706. The maximum atomic E-state index is 12.8. The van der Waals surface area contributed by atoms with Crippen molar-refractivity contribution in [3.8, 4) is 0 Å². The van der Waals surface area contributed by atoms with E-state index in [0.717, 1.165) is 29.2 Å². The summed E-state index contributed by atoms with van der Waals surface area (Å²) in [6, 6.07) is 19.9. The van der Waals surface area contributed by atoms with E-state index in [2.05, 4.69) is 33.4 Å². The van der Waals surface area contributed by atoms with Gasteiger partial charge in [-0.05, 0) is 54.4 Å². The highest BCUT2D eigenvalue weighted by molar-refractivity contribution is 6.06. The standard InChI is InChI=1S/C22H22N4O/c1-25(2)19-10-7-17(8-11-19)24-18-9-12-20(23-15-18)22(27)26-14-13-16-5-3-4-6-21(16)26/h3-12,15,24H,13-14H2,1-2H3.